The van der Waals surface area contributed by atoms with E-state index in [9.17, 15) is 9.18 Å². The predicted molar refractivity (Wildman–Crippen MR) is 98.6 cm³/mol. The second kappa shape index (κ2) is 8.39. The summed E-state index contributed by atoms with van der Waals surface area (Å²) < 4.78 is 19.2. The van der Waals surface area contributed by atoms with Gasteiger partial charge in [-0.05, 0) is 55.2 Å². The van der Waals surface area contributed by atoms with Crippen molar-refractivity contribution in [2.24, 2.45) is 0 Å². The van der Waals surface area contributed by atoms with Crippen LogP contribution in [0.1, 0.15) is 36.9 Å². The smallest absolute Gasteiger partial charge is 0.220 e. The molecule has 1 amide bonds. The first-order chi connectivity index (χ1) is 12.2. The summed E-state index contributed by atoms with van der Waals surface area (Å²) in [6.07, 6.45) is 1.83. The van der Waals surface area contributed by atoms with Crippen LogP contribution in [0.15, 0.2) is 47.4 Å². The van der Waals surface area contributed by atoms with Crippen molar-refractivity contribution in [3.63, 3.8) is 0 Å². The quantitative estimate of drug-likeness (QED) is 0.825. The summed E-state index contributed by atoms with van der Waals surface area (Å²) in [6, 6.07) is 12.5. The van der Waals surface area contributed by atoms with Crippen LogP contribution in [0.2, 0.25) is 0 Å². The fourth-order valence-electron chi connectivity index (χ4n) is 3.04. The first-order valence-corrected chi connectivity index (χ1v) is 9.58. The number of nitrogens with one attached hydrogen (secondary N) is 1. The van der Waals surface area contributed by atoms with Gasteiger partial charge in [-0.3, -0.25) is 4.79 Å². The number of hydrogen-bond donors (Lipinski definition) is 1. The molecule has 5 heteroatoms. The van der Waals surface area contributed by atoms with Crippen molar-refractivity contribution in [1.29, 1.82) is 0 Å². The molecule has 0 aromatic heterocycles. The van der Waals surface area contributed by atoms with Gasteiger partial charge >= 0.3 is 0 Å². The summed E-state index contributed by atoms with van der Waals surface area (Å²) in [5.41, 5.74) is 1.92. The van der Waals surface area contributed by atoms with Crippen LogP contribution in [0.5, 0.6) is 5.75 Å². The van der Waals surface area contributed by atoms with Crippen LogP contribution in [0.4, 0.5) is 4.39 Å². The van der Waals surface area contributed by atoms with E-state index in [1.54, 1.807) is 17.8 Å². The first kappa shape index (κ1) is 17.8. The minimum atomic E-state index is -0.258. The van der Waals surface area contributed by atoms with Gasteiger partial charge in [-0.2, -0.15) is 0 Å². The van der Waals surface area contributed by atoms with Crippen LogP contribution in [0.3, 0.4) is 0 Å². The largest absolute Gasteiger partial charge is 0.494 e. The van der Waals surface area contributed by atoms with Crippen LogP contribution in [-0.2, 0) is 11.2 Å². The topological polar surface area (TPSA) is 38.3 Å². The number of ether oxygens (including phenoxy) is 1. The van der Waals surface area contributed by atoms with Crippen LogP contribution in [0.25, 0.3) is 0 Å². The zero-order valence-electron chi connectivity index (χ0n) is 14.3. The molecule has 3 nitrogen and oxygen atoms in total. The van der Waals surface area contributed by atoms with Crippen molar-refractivity contribution in [1.82, 2.24) is 5.32 Å². The average molecular weight is 359 g/mol. The van der Waals surface area contributed by atoms with E-state index in [1.165, 1.54) is 12.1 Å². The molecule has 132 valence electrons. The van der Waals surface area contributed by atoms with Crippen molar-refractivity contribution in [3.05, 3.63) is 59.4 Å². The van der Waals surface area contributed by atoms with Gasteiger partial charge < -0.3 is 10.1 Å². The molecular formula is C20H22FNO2S. The zero-order valence-corrected chi connectivity index (χ0v) is 15.1. The molecule has 25 heavy (non-hydrogen) atoms. The highest BCUT2D eigenvalue weighted by atomic mass is 32.2. The van der Waals surface area contributed by atoms with Gasteiger partial charge in [0.15, 0.2) is 0 Å². The Kier molecular flexibility index (Phi) is 5.97. The highest BCUT2D eigenvalue weighted by Crippen LogP contribution is 2.36. The van der Waals surface area contributed by atoms with Gasteiger partial charge in [0.25, 0.3) is 0 Å². The van der Waals surface area contributed by atoms with Gasteiger partial charge in [0.1, 0.15) is 11.6 Å². The fourth-order valence-corrected chi connectivity index (χ4v) is 4.14. The molecule has 1 heterocycles. The molecule has 1 aliphatic rings. The Bertz CT molecular complexity index is 750. The fraction of sp³-hybridized carbons (Fsp3) is 0.350. The molecule has 0 fully saturated rings. The van der Waals surface area contributed by atoms with Gasteiger partial charge in [0.2, 0.25) is 5.91 Å². The SMILES string of the molecule is CCOc1ccccc1CCC(=O)NC1CCSc2ccc(F)cc21. The lowest BCUT2D eigenvalue weighted by Crippen LogP contribution is -2.30. The number of thioether (sulfide) groups is 1. The molecule has 3 rings (SSSR count). The number of carbonyl (C=O) groups excluding carboxylic acids is 1. The molecule has 2 aromatic carbocycles. The number of fused-ring (bicyclic) bond motifs is 1. The molecule has 1 atom stereocenters. The number of para-hydroxylation sites is 1. The highest BCUT2D eigenvalue weighted by Gasteiger charge is 2.22. The maximum absolute atomic E-state index is 13.6. The van der Waals surface area contributed by atoms with E-state index in [-0.39, 0.29) is 17.8 Å². The van der Waals surface area contributed by atoms with Crippen molar-refractivity contribution in [3.8, 4) is 5.75 Å². The first-order valence-electron chi connectivity index (χ1n) is 8.59. The zero-order chi connectivity index (χ0) is 17.6. The van der Waals surface area contributed by atoms with Crippen molar-refractivity contribution < 1.29 is 13.9 Å². The Morgan fingerprint density at radius 1 is 1.32 bits per heavy atom. The van der Waals surface area contributed by atoms with Gasteiger partial charge in [0.05, 0.1) is 12.6 Å². The molecule has 1 N–H and O–H groups in total. The summed E-state index contributed by atoms with van der Waals surface area (Å²) in [5.74, 6) is 1.49. The Morgan fingerprint density at radius 2 is 2.16 bits per heavy atom. The highest BCUT2D eigenvalue weighted by molar-refractivity contribution is 7.99. The minimum Gasteiger partial charge on any atom is -0.494 e. The number of amides is 1. The maximum Gasteiger partial charge on any atom is 0.220 e. The number of rotatable bonds is 6. The Balaban J connectivity index is 1.62. The molecule has 2 aromatic rings. The number of hydrogen-bond acceptors (Lipinski definition) is 3. The molecule has 1 aliphatic heterocycles. The van der Waals surface area contributed by atoms with E-state index in [0.29, 0.717) is 19.4 Å². The molecular weight excluding hydrogens is 337 g/mol. The third-order valence-electron chi connectivity index (χ3n) is 4.24. The average Bonchev–Trinajstić information content (AvgIpc) is 2.62. The van der Waals surface area contributed by atoms with Gasteiger partial charge in [0, 0.05) is 17.1 Å². The van der Waals surface area contributed by atoms with E-state index in [2.05, 4.69) is 5.32 Å². The monoisotopic (exact) mass is 359 g/mol. The lowest BCUT2D eigenvalue weighted by Gasteiger charge is -2.26. The van der Waals surface area contributed by atoms with Crippen LogP contribution < -0.4 is 10.1 Å². The summed E-state index contributed by atoms with van der Waals surface area (Å²) in [4.78, 5) is 13.5. The Labute approximate surface area is 152 Å². The van der Waals surface area contributed by atoms with Crippen LogP contribution in [0, 0.1) is 5.82 Å². The molecule has 0 spiro atoms. The number of halogens is 1. The number of benzene rings is 2. The summed E-state index contributed by atoms with van der Waals surface area (Å²) >= 11 is 1.71. The summed E-state index contributed by atoms with van der Waals surface area (Å²) in [6.45, 7) is 2.55. The van der Waals surface area contributed by atoms with Gasteiger partial charge in [-0.25, -0.2) is 4.39 Å². The minimum absolute atomic E-state index is 0.0154. The van der Waals surface area contributed by atoms with Crippen molar-refractivity contribution in [2.45, 2.75) is 37.1 Å². The van der Waals surface area contributed by atoms with E-state index >= 15 is 0 Å². The van der Waals surface area contributed by atoms with Gasteiger partial charge in [-0.1, -0.05) is 18.2 Å². The molecule has 1 unspecified atom stereocenters. The van der Waals surface area contributed by atoms with Crippen LogP contribution in [-0.4, -0.2) is 18.3 Å². The van der Waals surface area contributed by atoms with E-state index in [1.807, 2.05) is 31.2 Å². The Morgan fingerprint density at radius 3 is 3.00 bits per heavy atom. The van der Waals surface area contributed by atoms with Crippen molar-refractivity contribution >= 4 is 17.7 Å². The standard InChI is InChI=1S/C20H22FNO2S/c1-2-24-18-6-4-3-5-14(18)7-10-20(23)22-17-11-12-25-19-9-8-15(21)13-16(17)19/h3-6,8-9,13,17H,2,7,10-12H2,1H3,(H,22,23). The molecule has 0 radical (unpaired) electrons. The molecule has 0 aliphatic carbocycles. The van der Waals surface area contributed by atoms with Gasteiger partial charge in [-0.15, -0.1) is 11.8 Å². The number of carbonyl (C=O) groups is 1. The van der Waals surface area contributed by atoms with E-state index < -0.39 is 0 Å². The molecule has 0 saturated heterocycles. The number of aryl methyl sites for hydroxylation is 1. The summed E-state index contributed by atoms with van der Waals surface area (Å²) in [7, 11) is 0. The second-order valence-electron chi connectivity index (χ2n) is 5.98. The van der Waals surface area contributed by atoms with Crippen LogP contribution >= 0.6 is 11.8 Å². The predicted octanol–water partition coefficient (Wildman–Crippen LogP) is 4.51. The third-order valence-corrected chi connectivity index (χ3v) is 5.36. The third kappa shape index (κ3) is 4.54. The maximum atomic E-state index is 13.6. The van der Waals surface area contributed by atoms with E-state index in [0.717, 1.165) is 33.9 Å². The lowest BCUT2D eigenvalue weighted by atomic mass is 10.0. The summed E-state index contributed by atoms with van der Waals surface area (Å²) in [5, 5.41) is 3.06. The van der Waals surface area contributed by atoms with E-state index in [4.69, 9.17) is 4.74 Å². The van der Waals surface area contributed by atoms with Crippen molar-refractivity contribution in [2.75, 3.05) is 12.4 Å². The second-order valence-corrected chi connectivity index (χ2v) is 7.12. The molecule has 0 bridgehead atoms. The molecule has 0 saturated carbocycles. The lowest BCUT2D eigenvalue weighted by molar-refractivity contribution is -0.121. The Hall–Kier alpha value is -2.01. The normalized spacial score (nSPS) is 16.2.